The monoisotopic (exact) mass is 294 g/mol. The van der Waals surface area contributed by atoms with Gasteiger partial charge in [0.15, 0.2) is 0 Å². The quantitative estimate of drug-likeness (QED) is 0.922. The van der Waals surface area contributed by atoms with Crippen LogP contribution in [0.2, 0.25) is 5.02 Å². The van der Waals surface area contributed by atoms with Crippen molar-refractivity contribution in [1.29, 1.82) is 0 Å². The molecule has 0 saturated heterocycles. The van der Waals surface area contributed by atoms with Crippen LogP contribution in [0.5, 0.6) is 5.75 Å². The van der Waals surface area contributed by atoms with Gasteiger partial charge in [0.1, 0.15) is 18.5 Å². The maximum atomic E-state index is 10.1. The maximum Gasteiger partial charge on any atom is 0.125 e. The number of hydrogen-bond acceptors (Lipinski definition) is 3. The van der Waals surface area contributed by atoms with Gasteiger partial charge in [-0.15, -0.1) is 0 Å². The van der Waals surface area contributed by atoms with Crippen molar-refractivity contribution in [3.8, 4) is 5.75 Å². The number of aromatic nitrogens is 2. The number of nitrogens with zero attached hydrogens (tertiary/aromatic N) is 2. The molecule has 1 heterocycles. The molecule has 0 fully saturated rings. The van der Waals surface area contributed by atoms with E-state index in [0.717, 1.165) is 22.6 Å². The molecule has 0 saturated carbocycles. The highest BCUT2D eigenvalue weighted by molar-refractivity contribution is 6.31. The second-order valence-corrected chi connectivity index (χ2v) is 5.35. The number of rotatable bonds is 5. The summed E-state index contributed by atoms with van der Waals surface area (Å²) in [6, 6.07) is 5.97. The predicted octanol–water partition coefficient (Wildman–Crippen LogP) is 2.90. The number of aryl methyl sites for hydroxylation is 2. The smallest absolute Gasteiger partial charge is 0.125 e. The molecule has 0 amide bonds. The van der Waals surface area contributed by atoms with Crippen LogP contribution in [0.25, 0.3) is 0 Å². The topological polar surface area (TPSA) is 47.3 Å². The number of aliphatic hydroxyl groups excluding tert-OH is 1. The van der Waals surface area contributed by atoms with Crippen molar-refractivity contribution in [3.63, 3.8) is 0 Å². The first-order valence-electron chi connectivity index (χ1n) is 6.54. The average Bonchev–Trinajstić information content (AvgIpc) is 2.70. The molecular weight excluding hydrogens is 276 g/mol. The van der Waals surface area contributed by atoms with Crippen molar-refractivity contribution in [3.05, 3.63) is 46.2 Å². The number of benzene rings is 1. The molecule has 2 rings (SSSR count). The van der Waals surface area contributed by atoms with Crippen LogP contribution in [0.3, 0.4) is 0 Å². The molecule has 4 nitrogen and oxygen atoms in total. The lowest BCUT2D eigenvalue weighted by molar-refractivity contribution is 0.0881. The Kier molecular flexibility index (Phi) is 4.68. The third-order valence-corrected chi connectivity index (χ3v) is 3.63. The van der Waals surface area contributed by atoms with Crippen molar-refractivity contribution in [1.82, 2.24) is 9.78 Å². The molecule has 1 unspecified atom stereocenters. The number of aliphatic hydroxyl groups is 1. The summed E-state index contributed by atoms with van der Waals surface area (Å²) in [5.74, 6) is 0.835. The van der Waals surface area contributed by atoms with Crippen molar-refractivity contribution >= 4 is 11.6 Å². The Morgan fingerprint density at radius 3 is 2.50 bits per heavy atom. The van der Waals surface area contributed by atoms with Crippen LogP contribution in [-0.4, -0.2) is 27.6 Å². The molecule has 1 atom stereocenters. The van der Waals surface area contributed by atoms with Gasteiger partial charge in [-0.2, -0.15) is 5.10 Å². The van der Waals surface area contributed by atoms with Gasteiger partial charge >= 0.3 is 0 Å². The fourth-order valence-electron chi connectivity index (χ4n) is 2.07. The molecule has 1 N–H and O–H groups in total. The van der Waals surface area contributed by atoms with Crippen LogP contribution in [0.1, 0.15) is 16.8 Å². The maximum absolute atomic E-state index is 10.1. The first kappa shape index (κ1) is 14.9. The van der Waals surface area contributed by atoms with Gasteiger partial charge in [-0.25, -0.2) is 0 Å². The molecule has 0 aliphatic rings. The Hall–Kier alpha value is -1.52. The summed E-state index contributed by atoms with van der Waals surface area (Å²) < 4.78 is 7.41. The highest BCUT2D eigenvalue weighted by atomic mass is 35.5. The van der Waals surface area contributed by atoms with Crippen molar-refractivity contribution < 1.29 is 9.84 Å². The van der Waals surface area contributed by atoms with Crippen molar-refractivity contribution in [2.45, 2.75) is 33.4 Å². The van der Waals surface area contributed by atoms with Gasteiger partial charge in [-0.3, -0.25) is 4.68 Å². The van der Waals surface area contributed by atoms with E-state index in [4.69, 9.17) is 16.3 Å². The number of para-hydroxylation sites is 1. The van der Waals surface area contributed by atoms with Crippen molar-refractivity contribution in [2.24, 2.45) is 0 Å². The number of hydrogen-bond donors (Lipinski definition) is 1. The summed E-state index contributed by atoms with van der Waals surface area (Å²) in [6.45, 7) is 6.44. The van der Waals surface area contributed by atoms with Crippen LogP contribution in [0, 0.1) is 20.8 Å². The summed E-state index contributed by atoms with van der Waals surface area (Å²) in [5, 5.41) is 14.8. The zero-order valence-corrected chi connectivity index (χ0v) is 12.7. The Bertz CT molecular complexity index is 575. The van der Waals surface area contributed by atoms with Crippen LogP contribution in [0.4, 0.5) is 0 Å². The number of ether oxygens (including phenoxy) is 1. The molecule has 0 aliphatic carbocycles. The van der Waals surface area contributed by atoms with Crippen LogP contribution >= 0.6 is 11.6 Å². The Labute approximate surface area is 123 Å². The normalized spacial score (nSPS) is 12.4. The van der Waals surface area contributed by atoms with E-state index in [1.54, 1.807) is 10.9 Å². The molecule has 0 bridgehead atoms. The highest BCUT2D eigenvalue weighted by Gasteiger charge is 2.12. The average molecular weight is 295 g/mol. The molecule has 1 aromatic heterocycles. The zero-order valence-electron chi connectivity index (χ0n) is 11.9. The summed E-state index contributed by atoms with van der Waals surface area (Å²) in [6.07, 6.45) is 0.944. The van der Waals surface area contributed by atoms with E-state index in [1.807, 2.05) is 39.0 Å². The third-order valence-electron chi connectivity index (χ3n) is 3.26. The lowest BCUT2D eigenvalue weighted by Gasteiger charge is -2.16. The minimum atomic E-state index is -0.635. The van der Waals surface area contributed by atoms with Crippen LogP contribution < -0.4 is 4.74 Å². The molecule has 20 heavy (non-hydrogen) atoms. The van der Waals surface area contributed by atoms with E-state index in [1.165, 1.54) is 0 Å². The second kappa shape index (κ2) is 6.29. The van der Waals surface area contributed by atoms with Crippen molar-refractivity contribution in [2.75, 3.05) is 6.61 Å². The molecule has 0 radical (unpaired) electrons. The van der Waals surface area contributed by atoms with E-state index < -0.39 is 6.10 Å². The molecular formula is C15H19ClN2O2. The Balaban J connectivity index is 1.96. The molecule has 1 aromatic carbocycles. The minimum absolute atomic E-state index is 0.225. The molecule has 2 aromatic rings. The van der Waals surface area contributed by atoms with Gasteiger partial charge in [-0.05, 0) is 31.9 Å². The first-order chi connectivity index (χ1) is 9.49. The minimum Gasteiger partial charge on any atom is -0.490 e. The SMILES string of the molecule is Cc1cccc(C)c1OCC(O)Cn1ncc(Cl)c1C. The fraction of sp³-hybridized carbons (Fsp3) is 0.400. The summed E-state index contributed by atoms with van der Waals surface area (Å²) >= 11 is 5.93. The second-order valence-electron chi connectivity index (χ2n) is 4.95. The van der Waals surface area contributed by atoms with Gasteiger partial charge in [0.2, 0.25) is 0 Å². The summed E-state index contributed by atoms with van der Waals surface area (Å²) in [7, 11) is 0. The van der Waals surface area contributed by atoms with E-state index in [9.17, 15) is 5.11 Å². The van der Waals surface area contributed by atoms with E-state index in [2.05, 4.69) is 5.10 Å². The van der Waals surface area contributed by atoms with E-state index >= 15 is 0 Å². The summed E-state index contributed by atoms with van der Waals surface area (Å²) in [4.78, 5) is 0. The van der Waals surface area contributed by atoms with Gasteiger partial charge in [0.05, 0.1) is 23.5 Å². The number of halogens is 1. The summed E-state index contributed by atoms with van der Waals surface area (Å²) in [5.41, 5.74) is 2.98. The van der Waals surface area contributed by atoms with E-state index in [-0.39, 0.29) is 6.61 Å². The van der Waals surface area contributed by atoms with Gasteiger partial charge in [0, 0.05) is 0 Å². The predicted molar refractivity (Wildman–Crippen MR) is 79.4 cm³/mol. The highest BCUT2D eigenvalue weighted by Crippen LogP contribution is 2.22. The van der Waals surface area contributed by atoms with Crippen LogP contribution in [0.15, 0.2) is 24.4 Å². The first-order valence-corrected chi connectivity index (χ1v) is 6.92. The molecule has 0 aliphatic heterocycles. The molecule has 0 spiro atoms. The zero-order chi connectivity index (χ0) is 14.7. The Morgan fingerprint density at radius 2 is 1.95 bits per heavy atom. The molecule has 108 valence electrons. The van der Waals surface area contributed by atoms with Gasteiger partial charge in [0.25, 0.3) is 0 Å². The third kappa shape index (κ3) is 3.32. The van der Waals surface area contributed by atoms with Gasteiger partial charge < -0.3 is 9.84 Å². The largest absolute Gasteiger partial charge is 0.490 e. The van der Waals surface area contributed by atoms with E-state index in [0.29, 0.717) is 11.6 Å². The molecule has 5 heteroatoms. The fourth-order valence-corrected chi connectivity index (χ4v) is 2.21. The Morgan fingerprint density at radius 1 is 1.30 bits per heavy atom. The van der Waals surface area contributed by atoms with Crippen LogP contribution in [-0.2, 0) is 6.54 Å². The van der Waals surface area contributed by atoms with Gasteiger partial charge in [-0.1, -0.05) is 29.8 Å². The lowest BCUT2D eigenvalue weighted by atomic mass is 10.1. The standard InChI is InChI=1S/C15H19ClN2O2/c1-10-5-4-6-11(2)15(10)20-9-13(19)8-18-12(3)14(16)7-17-18/h4-7,13,19H,8-9H2,1-3H3. The lowest BCUT2D eigenvalue weighted by Crippen LogP contribution is -2.25.